The molecule has 38 heavy (non-hydrogen) atoms. The Morgan fingerprint density at radius 3 is 2.50 bits per heavy atom. The quantitative estimate of drug-likeness (QED) is 0.342. The molecule has 7 nitrogen and oxygen atoms in total. The number of hydrogen-bond donors (Lipinski definition) is 0. The molecule has 1 saturated heterocycles. The molecule has 2 aromatic carbocycles. The van der Waals surface area contributed by atoms with Crippen molar-refractivity contribution in [2.24, 2.45) is 0 Å². The fourth-order valence-corrected chi connectivity index (χ4v) is 6.23. The van der Waals surface area contributed by atoms with Crippen LogP contribution in [0.25, 0.3) is 0 Å². The van der Waals surface area contributed by atoms with E-state index >= 15 is 0 Å². The van der Waals surface area contributed by atoms with E-state index in [1.54, 1.807) is 5.06 Å². The van der Waals surface area contributed by atoms with Crippen molar-refractivity contribution in [1.29, 1.82) is 0 Å². The maximum atomic E-state index is 14.2. The Bertz CT molecular complexity index is 1420. The summed E-state index contributed by atoms with van der Waals surface area (Å²) in [5, 5.41) is 7.89. The van der Waals surface area contributed by atoms with E-state index in [1.165, 1.54) is 6.92 Å². The molecule has 0 saturated carbocycles. The maximum absolute atomic E-state index is 14.2. The van der Waals surface area contributed by atoms with Crippen LogP contribution in [0.4, 0.5) is 5.69 Å². The average Bonchev–Trinajstić information content (AvgIpc) is 3.50. The minimum Gasteiger partial charge on any atom is -0.368 e. The van der Waals surface area contributed by atoms with Crippen LogP contribution in [0.2, 0.25) is 10.0 Å². The second-order valence-corrected chi connectivity index (χ2v) is 11.4. The van der Waals surface area contributed by atoms with Gasteiger partial charge in [-0.3, -0.25) is 19.2 Å². The van der Waals surface area contributed by atoms with Gasteiger partial charge in [0.05, 0.1) is 18.6 Å². The summed E-state index contributed by atoms with van der Waals surface area (Å²) < 4.78 is 1.96. The van der Waals surface area contributed by atoms with Crippen molar-refractivity contribution < 1.29 is 14.4 Å². The largest absolute Gasteiger partial charge is 0.368 e. The normalized spacial score (nSPS) is 19.5. The number of amides is 1. The molecular formula is C29H32Cl2N4O3. The molecule has 1 amide bonds. The van der Waals surface area contributed by atoms with Gasteiger partial charge in [0.1, 0.15) is 0 Å². The van der Waals surface area contributed by atoms with Gasteiger partial charge in [-0.25, -0.2) is 0 Å². The number of rotatable bonds is 6. The number of nitrogens with zero attached hydrogens (tertiary/aromatic N) is 4. The number of carbonyl (C=O) groups excluding carboxylic acids is 2. The third-order valence-corrected chi connectivity index (χ3v) is 7.91. The lowest BCUT2D eigenvalue weighted by Crippen LogP contribution is -2.36. The van der Waals surface area contributed by atoms with Gasteiger partial charge >= 0.3 is 5.97 Å². The van der Waals surface area contributed by atoms with E-state index in [0.717, 1.165) is 46.5 Å². The van der Waals surface area contributed by atoms with Crippen LogP contribution in [0.5, 0.6) is 0 Å². The van der Waals surface area contributed by atoms with E-state index in [9.17, 15) is 9.59 Å². The third-order valence-electron chi connectivity index (χ3n) is 7.44. The van der Waals surface area contributed by atoms with Crippen LogP contribution in [0.15, 0.2) is 36.4 Å². The predicted molar refractivity (Wildman–Crippen MR) is 149 cm³/mol. The molecule has 0 aliphatic carbocycles. The van der Waals surface area contributed by atoms with Gasteiger partial charge in [0.25, 0.3) is 5.91 Å². The summed E-state index contributed by atoms with van der Waals surface area (Å²) in [7, 11) is 0. The number of hydroxylamine groups is 2. The summed E-state index contributed by atoms with van der Waals surface area (Å²) in [6.45, 7) is 10.9. The van der Waals surface area contributed by atoms with Crippen molar-refractivity contribution in [3.05, 3.63) is 80.1 Å². The standard InChI is InChI=1S/C29H32Cl2N4O3/c1-16(2)27-25-26(32-33(27)15-22-7-6-12-34(22)38-19(5)36)29(37)35(24-14-21(31)9-8-17(24)3)28(25)23-11-10-20(30)13-18(23)4/h8-11,13-14,16,22,28H,6-7,12,15H2,1-5H3/t22-,28?/m0/s1. The van der Waals surface area contributed by atoms with Crippen LogP contribution in [0.1, 0.15) is 84.0 Å². The molecule has 0 N–H and O–H groups in total. The summed E-state index contributed by atoms with van der Waals surface area (Å²) in [6.07, 6.45) is 1.82. The number of hydrogen-bond acceptors (Lipinski definition) is 5. The van der Waals surface area contributed by atoms with Crippen LogP contribution < -0.4 is 4.90 Å². The third kappa shape index (κ3) is 4.72. The molecule has 2 atom stereocenters. The second-order valence-electron chi connectivity index (χ2n) is 10.5. The van der Waals surface area contributed by atoms with Gasteiger partial charge in [-0.15, -0.1) is 5.06 Å². The van der Waals surface area contributed by atoms with Crippen molar-refractivity contribution in [2.45, 2.75) is 72.0 Å². The lowest BCUT2D eigenvalue weighted by Gasteiger charge is -2.30. The van der Waals surface area contributed by atoms with Crippen LogP contribution in [-0.2, 0) is 16.2 Å². The average molecular weight is 556 g/mol. The van der Waals surface area contributed by atoms with Crippen molar-refractivity contribution in [2.75, 3.05) is 11.4 Å². The Morgan fingerprint density at radius 2 is 1.82 bits per heavy atom. The topological polar surface area (TPSA) is 67.7 Å². The van der Waals surface area contributed by atoms with Gasteiger partial charge < -0.3 is 4.84 Å². The number of aromatic nitrogens is 2. The van der Waals surface area contributed by atoms with Crippen molar-refractivity contribution in [1.82, 2.24) is 14.8 Å². The molecule has 3 heterocycles. The molecule has 0 spiro atoms. The van der Waals surface area contributed by atoms with Gasteiger partial charge in [0, 0.05) is 40.5 Å². The van der Waals surface area contributed by atoms with E-state index in [0.29, 0.717) is 28.8 Å². The molecule has 0 radical (unpaired) electrons. The first-order valence-electron chi connectivity index (χ1n) is 13.0. The number of aryl methyl sites for hydroxylation is 2. The molecule has 2 aliphatic heterocycles. The van der Waals surface area contributed by atoms with Crippen molar-refractivity contribution in [3.8, 4) is 0 Å². The first-order valence-corrected chi connectivity index (χ1v) is 13.7. The molecule has 0 bridgehead atoms. The minimum absolute atomic E-state index is 0.00600. The first-order chi connectivity index (χ1) is 18.1. The number of carbonyl (C=O) groups is 2. The Kier molecular flexibility index (Phi) is 7.29. The molecular weight excluding hydrogens is 523 g/mol. The van der Waals surface area contributed by atoms with Crippen LogP contribution in [-0.4, -0.2) is 39.3 Å². The summed E-state index contributed by atoms with van der Waals surface area (Å²) in [4.78, 5) is 33.1. The number of benzene rings is 2. The predicted octanol–water partition coefficient (Wildman–Crippen LogP) is 6.62. The smallest absolute Gasteiger partial charge is 0.322 e. The molecule has 9 heteroatoms. The fraction of sp³-hybridized carbons (Fsp3) is 0.414. The molecule has 1 aromatic heterocycles. The highest BCUT2D eigenvalue weighted by Gasteiger charge is 2.46. The Labute approximate surface area is 233 Å². The molecule has 5 rings (SSSR count). The zero-order valence-electron chi connectivity index (χ0n) is 22.3. The Hall–Kier alpha value is -2.87. The van der Waals surface area contributed by atoms with E-state index in [1.807, 2.05) is 59.8 Å². The highest BCUT2D eigenvalue weighted by molar-refractivity contribution is 6.31. The van der Waals surface area contributed by atoms with Crippen LogP contribution >= 0.6 is 23.2 Å². The summed E-state index contributed by atoms with van der Waals surface area (Å²) in [5.41, 5.74) is 6.06. The lowest BCUT2D eigenvalue weighted by molar-refractivity contribution is -0.193. The molecule has 200 valence electrons. The van der Waals surface area contributed by atoms with Gasteiger partial charge in [0.2, 0.25) is 0 Å². The minimum atomic E-state index is -0.383. The van der Waals surface area contributed by atoms with E-state index < -0.39 is 0 Å². The maximum Gasteiger partial charge on any atom is 0.322 e. The monoisotopic (exact) mass is 554 g/mol. The van der Waals surface area contributed by atoms with E-state index in [-0.39, 0.29) is 29.9 Å². The first kappa shape index (κ1) is 26.7. The SMILES string of the molecule is CC(=O)ON1CCC[C@H]1Cn1nc2c(c1C(C)C)C(c1ccc(Cl)cc1C)N(c1cc(Cl)ccc1C)C2=O. The highest BCUT2D eigenvalue weighted by Crippen LogP contribution is 2.47. The summed E-state index contributed by atoms with van der Waals surface area (Å²) >= 11 is 12.7. The molecule has 1 unspecified atom stereocenters. The van der Waals surface area contributed by atoms with Crippen molar-refractivity contribution >= 4 is 40.8 Å². The van der Waals surface area contributed by atoms with Gasteiger partial charge in [0.15, 0.2) is 5.69 Å². The summed E-state index contributed by atoms with van der Waals surface area (Å²) in [5.74, 6) is -0.392. The highest BCUT2D eigenvalue weighted by atomic mass is 35.5. The van der Waals surface area contributed by atoms with Crippen LogP contribution in [0, 0.1) is 13.8 Å². The molecule has 1 fully saturated rings. The zero-order valence-corrected chi connectivity index (χ0v) is 23.8. The number of halogens is 2. The Morgan fingerprint density at radius 1 is 1.11 bits per heavy atom. The molecule has 2 aliphatic rings. The fourth-order valence-electron chi connectivity index (χ4n) is 5.83. The molecule has 3 aromatic rings. The summed E-state index contributed by atoms with van der Waals surface area (Å²) in [6, 6.07) is 11.0. The van der Waals surface area contributed by atoms with Gasteiger partial charge in [-0.05, 0) is 73.6 Å². The lowest BCUT2D eigenvalue weighted by atomic mass is 9.91. The number of fused-ring (bicyclic) bond motifs is 1. The van der Waals surface area contributed by atoms with E-state index in [4.69, 9.17) is 33.1 Å². The Balaban J connectivity index is 1.67. The van der Waals surface area contributed by atoms with Gasteiger partial charge in [-0.2, -0.15) is 5.10 Å². The van der Waals surface area contributed by atoms with Crippen molar-refractivity contribution in [3.63, 3.8) is 0 Å². The van der Waals surface area contributed by atoms with E-state index in [2.05, 4.69) is 13.8 Å². The van der Waals surface area contributed by atoms with Crippen LogP contribution in [0.3, 0.4) is 0 Å². The second kappa shape index (κ2) is 10.4. The number of anilines is 1. The zero-order chi connectivity index (χ0) is 27.3. The van der Waals surface area contributed by atoms with Gasteiger partial charge in [-0.1, -0.05) is 49.2 Å².